The Bertz CT molecular complexity index is 194. The van der Waals surface area contributed by atoms with Gasteiger partial charge in [0, 0.05) is 26.5 Å². The molecule has 0 bridgehead atoms. The van der Waals surface area contributed by atoms with Crippen molar-refractivity contribution in [3.05, 3.63) is 0 Å². The van der Waals surface area contributed by atoms with E-state index in [1.165, 1.54) is 13.0 Å². The van der Waals surface area contributed by atoms with Crippen molar-refractivity contribution in [3.8, 4) is 0 Å². The molecule has 1 fully saturated rings. The summed E-state index contributed by atoms with van der Waals surface area (Å²) in [4.78, 5) is 13.6. The van der Waals surface area contributed by atoms with Crippen LogP contribution >= 0.6 is 0 Å². The first-order chi connectivity index (χ1) is 7.26. The van der Waals surface area contributed by atoms with Crippen LogP contribution in [0.5, 0.6) is 0 Å². The molecule has 0 aromatic heterocycles. The molecular formula is C12H23NO2. The van der Waals surface area contributed by atoms with Crippen LogP contribution in [0.4, 0.5) is 0 Å². The van der Waals surface area contributed by atoms with Gasteiger partial charge in [-0.2, -0.15) is 0 Å². The minimum Gasteiger partial charge on any atom is -0.384 e. The molecule has 0 aromatic carbocycles. The maximum Gasteiger partial charge on any atom is 0.132 e. The largest absolute Gasteiger partial charge is 0.384 e. The van der Waals surface area contributed by atoms with Gasteiger partial charge in [0.05, 0.1) is 6.61 Å². The van der Waals surface area contributed by atoms with Gasteiger partial charge in [-0.1, -0.05) is 6.92 Å². The first kappa shape index (κ1) is 12.7. The van der Waals surface area contributed by atoms with Gasteiger partial charge in [-0.25, -0.2) is 0 Å². The van der Waals surface area contributed by atoms with Crippen LogP contribution in [0.3, 0.4) is 0 Å². The Labute approximate surface area is 92.8 Å². The molecule has 1 atom stereocenters. The highest BCUT2D eigenvalue weighted by molar-refractivity contribution is 5.77. The van der Waals surface area contributed by atoms with Gasteiger partial charge >= 0.3 is 0 Å². The van der Waals surface area contributed by atoms with E-state index in [2.05, 4.69) is 4.90 Å². The molecule has 0 saturated carbocycles. The average Bonchev–Trinajstić information content (AvgIpc) is 2.66. The van der Waals surface area contributed by atoms with Crippen molar-refractivity contribution in [2.75, 3.05) is 33.4 Å². The van der Waals surface area contributed by atoms with E-state index in [0.717, 1.165) is 32.5 Å². The zero-order valence-corrected chi connectivity index (χ0v) is 10.00. The predicted molar refractivity (Wildman–Crippen MR) is 61.0 cm³/mol. The molecule has 3 heteroatoms. The Morgan fingerprint density at radius 1 is 1.53 bits per heavy atom. The van der Waals surface area contributed by atoms with Crippen LogP contribution < -0.4 is 0 Å². The number of hydrogen-bond acceptors (Lipinski definition) is 3. The third-order valence-corrected chi connectivity index (χ3v) is 3.10. The lowest BCUT2D eigenvalue weighted by Crippen LogP contribution is -2.23. The molecule has 1 heterocycles. The highest BCUT2D eigenvalue weighted by atomic mass is 16.5. The molecule has 0 aliphatic carbocycles. The van der Waals surface area contributed by atoms with Gasteiger partial charge in [-0.15, -0.1) is 0 Å². The predicted octanol–water partition coefficient (Wildman–Crippen LogP) is 1.71. The van der Waals surface area contributed by atoms with Crippen LogP contribution in [0.2, 0.25) is 0 Å². The first-order valence-electron chi connectivity index (χ1n) is 5.99. The third-order valence-electron chi connectivity index (χ3n) is 3.10. The van der Waals surface area contributed by atoms with Gasteiger partial charge < -0.3 is 9.64 Å². The molecule has 0 spiro atoms. The number of likely N-dealkylation sites (tertiary alicyclic amines) is 1. The number of carbonyl (C=O) groups excluding carboxylic acids is 1. The van der Waals surface area contributed by atoms with Gasteiger partial charge in [-0.05, 0) is 31.8 Å². The van der Waals surface area contributed by atoms with Crippen molar-refractivity contribution in [2.45, 2.75) is 32.6 Å². The molecule has 0 radical (unpaired) electrons. The average molecular weight is 213 g/mol. The van der Waals surface area contributed by atoms with Crippen LogP contribution in [0, 0.1) is 5.92 Å². The standard InChI is InChI=1S/C12H23NO2/c1-3-12(14)5-4-7-13-8-6-11(9-13)10-15-2/h11H,3-10H2,1-2H3. The molecule has 1 saturated heterocycles. The van der Waals surface area contributed by atoms with Crippen molar-refractivity contribution in [1.82, 2.24) is 4.90 Å². The fraction of sp³-hybridized carbons (Fsp3) is 0.917. The van der Waals surface area contributed by atoms with Crippen molar-refractivity contribution in [2.24, 2.45) is 5.92 Å². The summed E-state index contributed by atoms with van der Waals surface area (Å²) in [5.41, 5.74) is 0. The normalized spacial score (nSPS) is 22.1. The van der Waals surface area contributed by atoms with Crippen molar-refractivity contribution in [1.29, 1.82) is 0 Å². The Balaban J connectivity index is 2.06. The summed E-state index contributed by atoms with van der Waals surface area (Å²) in [7, 11) is 1.77. The molecule has 15 heavy (non-hydrogen) atoms. The number of methoxy groups -OCH3 is 1. The lowest BCUT2D eigenvalue weighted by Gasteiger charge is -2.15. The minimum absolute atomic E-state index is 0.391. The molecular weight excluding hydrogens is 190 g/mol. The van der Waals surface area contributed by atoms with Crippen LogP contribution in [0.25, 0.3) is 0 Å². The van der Waals surface area contributed by atoms with Crippen molar-refractivity contribution < 1.29 is 9.53 Å². The minimum atomic E-state index is 0.391. The SMILES string of the molecule is CCC(=O)CCCN1CCC(COC)C1. The van der Waals surface area contributed by atoms with E-state index in [1.54, 1.807) is 7.11 Å². The summed E-state index contributed by atoms with van der Waals surface area (Å²) < 4.78 is 5.15. The zero-order chi connectivity index (χ0) is 11.1. The van der Waals surface area contributed by atoms with Crippen LogP contribution in [-0.4, -0.2) is 44.0 Å². The van der Waals surface area contributed by atoms with Crippen molar-refractivity contribution >= 4 is 5.78 Å². The highest BCUT2D eigenvalue weighted by Gasteiger charge is 2.21. The lowest BCUT2D eigenvalue weighted by molar-refractivity contribution is -0.118. The maximum atomic E-state index is 11.1. The van der Waals surface area contributed by atoms with Gasteiger partial charge in [-0.3, -0.25) is 4.79 Å². The molecule has 0 N–H and O–H groups in total. The fourth-order valence-corrected chi connectivity index (χ4v) is 2.16. The van der Waals surface area contributed by atoms with E-state index >= 15 is 0 Å². The second-order valence-electron chi connectivity index (χ2n) is 4.41. The van der Waals surface area contributed by atoms with Gasteiger partial charge in [0.1, 0.15) is 5.78 Å². The summed E-state index contributed by atoms with van der Waals surface area (Å²) >= 11 is 0. The van der Waals surface area contributed by atoms with E-state index < -0.39 is 0 Å². The topological polar surface area (TPSA) is 29.5 Å². The van der Waals surface area contributed by atoms with Crippen LogP contribution in [-0.2, 0) is 9.53 Å². The highest BCUT2D eigenvalue weighted by Crippen LogP contribution is 2.16. The zero-order valence-electron chi connectivity index (χ0n) is 10.00. The lowest BCUT2D eigenvalue weighted by atomic mass is 10.1. The van der Waals surface area contributed by atoms with Gasteiger partial charge in [0.2, 0.25) is 0 Å². The van der Waals surface area contributed by atoms with E-state index in [4.69, 9.17) is 4.74 Å². The van der Waals surface area contributed by atoms with Crippen molar-refractivity contribution in [3.63, 3.8) is 0 Å². The maximum absolute atomic E-state index is 11.1. The Hall–Kier alpha value is -0.410. The van der Waals surface area contributed by atoms with Crippen LogP contribution in [0.15, 0.2) is 0 Å². The van der Waals surface area contributed by atoms with Gasteiger partial charge in [0.15, 0.2) is 0 Å². The second kappa shape index (κ2) is 6.96. The molecule has 1 aliphatic rings. The Morgan fingerprint density at radius 3 is 3.00 bits per heavy atom. The van der Waals surface area contributed by atoms with E-state index in [9.17, 15) is 4.79 Å². The van der Waals surface area contributed by atoms with Gasteiger partial charge in [0.25, 0.3) is 0 Å². The second-order valence-corrected chi connectivity index (χ2v) is 4.41. The summed E-state index contributed by atoms with van der Waals surface area (Å²) in [5, 5.41) is 0. The number of ether oxygens (including phenoxy) is 1. The smallest absolute Gasteiger partial charge is 0.132 e. The molecule has 1 unspecified atom stereocenters. The molecule has 1 rings (SSSR count). The number of ketones is 1. The molecule has 0 aromatic rings. The monoisotopic (exact) mass is 213 g/mol. The molecule has 3 nitrogen and oxygen atoms in total. The number of hydrogen-bond donors (Lipinski definition) is 0. The fourth-order valence-electron chi connectivity index (χ4n) is 2.16. The molecule has 0 amide bonds. The number of nitrogens with zero attached hydrogens (tertiary/aromatic N) is 1. The van der Waals surface area contributed by atoms with E-state index in [1.807, 2.05) is 6.92 Å². The molecule has 1 aliphatic heterocycles. The third kappa shape index (κ3) is 4.76. The van der Waals surface area contributed by atoms with E-state index in [-0.39, 0.29) is 0 Å². The summed E-state index contributed by atoms with van der Waals surface area (Å²) in [6.07, 6.45) is 3.70. The van der Waals surface area contributed by atoms with E-state index in [0.29, 0.717) is 18.1 Å². The number of Topliss-reactive ketones (excluding diaryl/α,β-unsaturated/α-hetero) is 1. The Kier molecular flexibility index (Phi) is 5.88. The quantitative estimate of drug-likeness (QED) is 0.645. The summed E-state index contributed by atoms with van der Waals surface area (Å²) in [6, 6.07) is 0. The van der Waals surface area contributed by atoms with Crippen LogP contribution in [0.1, 0.15) is 32.6 Å². The Morgan fingerprint density at radius 2 is 2.33 bits per heavy atom. The number of rotatable bonds is 7. The summed E-state index contributed by atoms with van der Waals surface area (Å²) in [5.74, 6) is 1.10. The first-order valence-corrected chi connectivity index (χ1v) is 5.99. The summed E-state index contributed by atoms with van der Waals surface area (Å²) in [6.45, 7) is 6.21. The number of carbonyl (C=O) groups is 1. The molecule has 88 valence electrons.